The number of aromatic nitrogens is 1. The number of benzene rings is 3. The minimum absolute atomic E-state index is 0.575. The van der Waals surface area contributed by atoms with Gasteiger partial charge in [-0.15, -0.1) is 0 Å². The monoisotopic (exact) mass is 444 g/mol. The third-order valence-electron chi connectivity index (χ3n) is 5.05. The van der Waals surface area contributed by atoms with Crippen molar-refractivity contribution in [3.05, 3.63) is 107 Å². The molecule has 0 saturated carbocycles. The molecule has 154 valence electrons. The van der Waals surface area contributed by atoms with Crippen molar-refractivity contribution in [3.8, 4) is 0 Å². The van der Waals surface area contributed by atoms with Crippen molar-refractivity contribution < 1.29 is 9.30 Å². The molecule has 6 heteroatoms. The molecule has 0 unspecified atom stereocenters. The van der Waals surface area contributed by atoms with Gasteiger partial charge in [-0.1, -0.05) is 78.1 Å². The summed E-state index contributed by atoms with van der Waals surface area (Å²) in [4.78, 5) is 4.72. The molecule has 4 nitrogen and oxygen atoms in total. The zero-order valence-corrected chi connectivity index (χ0v) is 18.9. The molecule has 0 saturated heterocycles. The second-order valence-electron chi connectivity index (χ2n) is 7.59. The second kappa shape index (κ2) is 7.84. The lowest BCUT2D eigenvalue weighted by Crippen LogP contribution is -2.03. The number of hydrogen-bond acceptors (Lipinski definition) is 4. The smallest absolute Gasteiger partial charge is 0.222 e. The summed E-state index contributed by atoms with van der Waals surface area (Å²) in [5.74, 6) is 4.54. The maximum Gasteiger partial charge on any atom is 0.222 e. The van der Waals surface area contributed by atoms with E-state index in [9.17, 15) is 4.57 Å². The maximum absolute atomic E-state index is 14.0. The lowest BCUT2D eigenvalue weighted by Gasteiger charge is -2.23. The molecule has 0 aliphatic carbocycles. The normalized spacial score (nSPS) is 15.2. The molecule has 1 N–H and O–H groups in total. The number of rotatable bonds is 4. The van der Waals surface area contributed by atoms with E-state index in [-0.39, 0.29) is 0 Å². The van der Waals surface area contributed by atoms with E-state index in [1.54, 1.807) is 11.6 Å². The average Bonchev–Trinajstić information content (AvgIpc) is 3.16. The molecule has 0 bridgehead atoms. The zero-order valence-electron chi connectivity index (χ0n) is 17.2. The van der Waals surface area contributed by atoms with Gasteiger partial charge >= 0.3 is 0 Å². The number of aryl methyl sites for hydroxylation is 2. The van der Waals surface area contributed by atoms with Gasteiger partial charge < -0.3 is 9.82 Å². The summed E-state index contributed by atoms with van der Waals surface area (Å²) in [6.07, 6.45) is 0. The van der Waals surface area contributed by atoms with Gasteiger partial charge in [0.05, 0.1) is 10.2 Å². The van der Waals surface area contributed by atoms with Crippen LogP contribution in [-0.2, 0) is 9.30 Å². The Kier molecular flexibility index (Phi) is 5.01. The van der Waals surface area contributed by atoms with Gasteiger partial charge in [0.25, 0.3) is 0 Å². The van der Waals surface area contributed by atoms with Crippen LogP contribution in [0, 0.1) is 13.8 Å². The molecule has 3 aromatic carbocycles. The Labute approximate surface area is 185 Å². The van der Waals surface area contributed by atoms with E-state index in [1.165, 1.54) is 16.9 Å². The van der Waals surface area contributed by atoms with Gasteiger partial charge in [0.2, 0.25) is 7.29 Å². The molecule has 0 fully saturated rings. The van der Waals surface area contributed by atoms with Crippen LogP contribution < -0.4 is 5.09 Å². The van der Waals surface area contributed by atoms with Crippen LogP contribution in [-0.4, -0.2) is 4.98 Å². The summed E-state index contributed by atoms with van der Waals surface area (Å²) in [7, 11) is -3.11. The number of thiazole rings is 1. The van der Waals surface area contributed by atoms with Crippen molar-refractivity contribution in [2.24, 2.45) is 0 Å². The quantitative estimate of drug-likeness (QED) is 0.329. The largest absolute Gasteiger partial charge is 0.456 e. The van der Waals surface area contributed by atoms with Crippen LogP contribution in [0.15, 0.2) is 84.4 Å². The number of fused-ring (bicyclic) bond motifs is 1. The minimum Gasteiger partial charge on any atom is -0.456 e. The Morgan fingerprint density at radius 2 is 1.45 bits per heavy atom. The fourth-order valence-electron chi connectivity index (χ4n) is 3.66. The average molecular weight is 444 g/mol. The van der Waals surface area contributed by atoms with Crippen LogP contribution in [0.1, 0.15) is 22.3 Å². The first-order valence-electron chi connectivity index (χ1n) is 9.99. The first-order valence-corrected chi connectivity index (χ1v) is 12.7. The van der Waals surface area contributed by atoms with Crippen LogP contribution in [0.3, 0.4) is 0 Å². The first-order chi connectivity index (χ1) is 15.0. The Bertz CT molecular complexity index is 1320. The highest BCUT2D eigenvalue weighted by Crippen LogP contribution is 2.56. The van der Waals surface area contributed by atoms with Crippen LogP contribution >= 0.6 is 18.6 Å². The van der Waals surface area contributed by atoms with Crippen LogP contribution in [0.25, 0.3) is 21.7 Å². The lowest BCUT2D eigenvalue weighted by molar-refractivity contribution is 0.469. The van der Waals surface area contributed by atoms with Crippen LogP contribution in [0.2, 0.25) is 0 Å². The van der Waals surface area contributed by atoms with Crippen LogP contribution in [0.4, 0.5) is 5.13 Å². The summed E-state index contributed by atoms with van der Waals surface area (Å²) in [6.45, 7) is 4.12. The molecule has 0 radical (unpaired) electrons. The number of nitrogens with zero attached hydrogens (tertiary/aromatic N) is 1. The summed E-state index contributed by atoms with van der Waals surface area (Å²) in [5.41, 5.74) is 5.00. The second-order valence-corrected chi connectivity index (χ2v) is 10.8. The molecule has 0 spiro atoms. The molecule has 1 aliphatic heterocycles. The van der Waals surface area contributed by atoms with Crippen molar-refractivity contribution in [2.45, 2.75) is 13.8 Å². The van der Waals surface area contributed by atoms with Crippen molar-refractivity contribution in [3.63, 3.8) is 0 Å². The Balaban J connectivity index is 1.59. The van der Waals surface area contributed by atoms with E-state index >= 15 is 0 Å². The summed E-state index contributed by atoms with van der Waals surface area (Å²) in [5, 5.41) is 3.86. The summed E-state index contributed by atoms with van der Waals surface area (Å²) in [6, 6.07) is 23.7. The highest BCUT2D eigenvalue weighted by Gasteiger charge is 2.28. The standard InChI is InChI=1S/C25H21N2O2PS/c1-17-13-18(2)24-23(14-17)31-25(26-24)27-30(28)15-21(19-9-5-3-6-10-19)29-22(16-30)20-11-7-4-8-12-20/h3-16H,1-2H3,(H,26,27,28). The molecule has 5 rings (SSSR count). The molecule has 0 atom stereocenters. The molecule has 1 aliphatic rings. The van der Waals surface area contributed by atoms with E-state index < -0.39 is 7.29 Å². The molecule has 0 amide bonds. The summed E-state index contributed by atoms with van der Waals surface area (Å²) >= 11 is 1.52. The Morgan fingerprint density at radius 1 is 0.871 bits per heavy atom. The summed E-state index contributed by atoms with van der Waals surface area (Å²) < 4.78 is 21.3. The Morgan fingerprint density at radius 3 is 2.03 bits per heavy atom. The van der Waals surface area contributed by atoms with Gasteiger partial charge in [-0.05, 0) is 31.0 Å². The van der Waals surface area contributed by atoms with E-state index in [4.69, 9.17) is 9.72 Å². The number of nitrogens with one attached hydrogen (secondary N) is 1. The predicted octanol–water partition coefficient (Wildman–Crippen LogP) is 7.63. The highest BCUT2D eigenvalue weighted by molar-refractivity contribution is 7.72. The number of hydrogen-bond donors (Lipinski definition) is 1. The third kappa shape index (κ3) is 4.07. The van der Waals surface area contributed by atoms with E-state index in [2.05, 4.69) is 31.1 Å². The van der Waals surface area contributed by atoms with Gasteiger partial charge in [-0.25, -0.2) is 4.98 Å². The number of anilines is 1. The molecule has 31 heavy (non-hydrogen) atoms. The van der Waals surface area contributed by atoms with Crippen molar-refractivity contribution in [1.29, 1.82) is 0 Å². The number of ether oxygens (including phenoxy) is 1. The van der Waals surface area contributed by atoms with Gasteiger partial charge in [0, 0.05) is 22.8 Å². The van der Waals surface area contributed by atoms with Gasteiger partial charge in [0.1, 0.15) is 11.5 Å². The predicted molar refractivity (Wildman–Crippen MR) is 130 cm³/mol. The molecular formula is C25H21N2O2PS. The Hall–Kier alpha value is -3.14. The topological polar surface area (TPSA) is 51.2 Å². The SMILES string of the molecule is Cc1cc(C)c2nc(NP3(=O)C=C(c4ccccc4)OC(c4ccccc4)=C3)sc2c1. The molecular weight excluding hydrogens is 423 g/mol. The van der Waals surface area contributed by atoms with Gasteiger partial charge in [-0.2, -0.15) is 0 Å². The van der Waals surface area contributed by atoms with E-state index in [0.29, 0.717) is 16.6 Å². The van der Waals surface area contributed by atoms with Crippen molar-refractivity contribution >= 4 is 45.5 Å². The van der Waals surface area contributed by atoms with Gasteiger partial charge in [0.15, 0.2) is 5.13 Å². The first kappa shape index (κ1) is 19.8. The zero-order chi connectivity index (χ0) is 21.4. The molecule has 1 aromatic heterocycles. The van der Waals surface area contributed by atoms with Gasteiger partial charge in [-0.3, -0.25) is 4.57 Å². The third-order valence-corrected chi connectivity index (χ3v) is 7.92. The highest BCUT2D eigenvalue weighted by atomic mass is 32.1. The fourth-order valence-corrected chi connectivity index (χ4v) is 6.82. The van der Waals surface area contributed by atoms with Crippen LogP contribution in [0.5, 0.6) is 0 Å². The maximum atomic E-state index is 14.0. The van der Waals surface area contributed by atoms with Crippen molar-refractivity contribution in [1.82, 2.24) is 4.98 Å². The fraction of sp³-hybridized carbons (Fsp3) is 0.0800. The lowest BCUT2D eigenvalue weighted by atomic mass is 10.1. The van der Waals surface area contributed by atoms with Crippen molar-refractivity contribution in [2.75, 3.05) is 5.09 Å². The minimum atomic E-state index is -3.11. The van der Waals surface area contributed by atoms with E-state index in [1.807, 2.05) is 60.7 Å². The van der Waals surface area contributed by atoms with E-state index in [0.717, 1.165) is 26.9 Å². The molecule has 4 aromatic rings. The molecule has 2 heterocycles.